The summed E-state index contributed by atoms with van der Waals surface area (Å²) in [5.74, 6) is -0.0530. The molecule has 0 unspecified atom stereocenters. The number of carbonyl (C=O) groups is 2. The number of thiocarbonyl (C=S) groups is 1. The Morgan fingerprint density at radius 1 is 1.27 bits per heavy atom. The zero-order chi connectivity index (χ0) is 19.1. The van der Waals surface area contributed by atoms with Crippen LogP contribution in [0, 0.1) is 0 Å². The number of rotatable bonds is 9. The molecule has 0 spiro atoms. The maximum Gasteiger partial charge on any atom is 0.266 e. The molecule has 0 radical (unpaired) electrons. The van der Waals surface area contributed by atoms with Crippen molar-refractivity contribution in [2.24, 2.45) is 0 Å². The zero-order valence-electron chi connectivity index (χ0n) is 14.6. The molecule has 2 rings (SSSR count). The van der Waals surface area contributed by atoms with Crippen LogP contribution in [0.4, 0.5) is 0 Å². The van der Waals surface area contributed by atoms with Gasteiger partial charge >= 0.3 is 0 Å². The Balaban J connectivity index is 2.06. The van der Waals surface area contributed by atoms with Crippen LogP contribution in [0.25, 0.3) is 6.08 Å². The zero-order valence-corrected chi connectivity index (χ0v) is 16.3. The number of ether oxygens (including phenoxy) is 2. The van der Waals surface area contributed by atoms with E-state index in [0.29, 0.717) is 46.5 Å². The first-order chi connectivity index (χ1) is 12.5. The van der Waals surface area contributed by atoms with Crippen LogP contribution in [0.2, 0.25) is 0 Å². The molecule has 1 saturated heterocycles. The van der Waals surface area contributed by atoms with E-state index in [2.05, 4.69) is 0 Å². The average Bonchev–Trinajstić information content (AvgIpc) is 2.88. The molecule has 0 N–H and O–H groups in total. The lowest BCUT2D eigenvalue weighted by Crippen LogP contribution is -2.29. The van der Waals surface area contributed by atoms with E-state index in [9.17, 15) is 14.7 Å². The van der Waals surface area contributed by atoms with Crippen LogP contribution in [-0.2, 0) is 9.59 Å². The Labute approximate surface area is 162 Å². The molecule has 1 aliphatic rings. The molecule has 1 fully saturated rings. The summed E-state index contributed by atoms with van der Waals surface area (Å²) in [5, 5.41) is 10.4. The summed E-state index contributed by atoms with van der Waals surface area (Å²) in [6.45, 7) is 0.476. The molecule has 0 atom stereocenters. The predicted octanol–water partition coefficient (Wildman–Crippen LogP) is 2.22. The van der Waals surface area contributed by atoms with Crippen LogP contribution in [0.3, 0.4) is 0 Å². The van der Waals surface area contributed by atoms with Crippen molar-refractivity contribution in [3.8, 4) is 11.5 Å². The number of methoxy groups -OCH3 is 2. The van der Waals surface area contributed by atoms with Crippen molar-refractivity contribution in [1.29, 1.82) is 0 Å². The second-order valence-electron chi connectivity index (χ2n) is 5.60. The quantitative estimate of drug-likeness (QED) is 0.361. The number of carboxylic acid groups (broad SMARTS) is 1. The number of unbranched alkanes of at least 4 members (excludes halogenated alkanes) is 2. The molecule has 1 aliphatic heterocycles. The first kappa shape index (κ1) is 20.3. The number of hydrogen-bond acceptors (Lipinski definition) is 7. The van der Waals surface area contributed by atoms with Gasteiger partial charge in [-0.2, -0.15) is 0 Å². The minimum Gasteiger partial charge on any atom is -0.550 e. The summed E-state index contributed by atoms with van der Waals surface area (Å²) >= 11 is 6.55. The second kappa shape index (κ2) is 9.59. The molecule has 1 aromatic carbocycles. The third-order valence-electron chi connectivity index (χ3n) is 3.86. The number of amides is 1. The van der Waals surface area contributed by atoms with Crippen molar-refractivity contribution in [2.75, 3.05) is 20.8 Å². The molecular formula is C18H20NO5S2-. The maximum absolute atomic E-state index is 12.6. The summed E-state index contributed by atoms with van der Waals surface area (Å²) < 4.78 is 11.2. The SMILES string of the molecule is COc1cccc(/C=C2\SC(=S)N(CCCCCC(=O)[O-])C2=O)c1OC. The summed E-state index contributed by atoms with van der Waals surface area (Å²) in [5.41, 5.74) is 0.737. The van der Waals surface area contributed by atoms with Crippen LogP contribution in [0.5, 0.6) is 11.5 Å². The first-order valence-corrected chi connectivity index (χ1v) is 9.36. The number of hydrogen-bond donors (Lipinski definition) is 0. The average molecular weight is 394 g/mol. The van der Waals surface area contributed by atoms with Gasteiger partial charge in [0.2, 0.25) is 0 Å². The van der Waals surface area contributed by atoms with E-state index in [1.807, 2.05) is 12.1 Å². The Hall–Kier alpha value is -2.06. The van der Waals surface area contributed by atoms with E-state index < -0.39 is 5.97 Å². The molecule has 1 amide bonds. The highest BCUT2D eigenvalue weighted by atomic mass is 32.2. The summed E-state index contributed by atoms with van der Waals surface area (Å²) in [6, 6.07) is 5.45. The van der Waals surface area contributed by atoms with E-state index in [0.717, 1.165) is 5.56 Å². The normalized spacial score (nSPS) is 15.6. The number of thioether (sulfide) groups is 1. The second-order valence-corrected chi connectivity index (χ2v) is 7.27. The van der Waals surface area contributed by atoms with Crippen molar-refractivity contribution in [3.63, 3.8) is 0 Å². The smallest absolute Gasteiger partial charge is 0.266 e. The molecule has 1 heterocycles. The van der Waals surface area contributed by atoms with Crippen molar-refractivity contribution in [1.82, 2.24) is 4.90 Å². The Morgan fingerprint density at radius 3 is 2.69 bits per heavy atom. The molecular weight excluding hydrogens is 374 g/mol. The number of nitrogens with zero attached hydrogens (tertiary/aromatic N) is 1. The van der Waals surface area contributed by atoms with Crippen LogP contribution in [0.1, 0.15) is 31.2 Å². The van der Waals surface area contributed by atoms with Crippen molar-refractivity contribution in [3.05, 3.63) is 28.7 Å². The lowest BCUT2D eigenvalue weighted by atomic mass is 10.1. The molecule has 140 valence electrons. The highest BCUT2D eigenvalue weighted by Crippen LogP contribution is 2.37. The third-order valence-corrected chi connectivity index (χ3v) is 5.23. The third kappa shape index (κ3) is 4.98. The monoisotopic (exact) mass is 394 g/mol. The van der Waals surface area contributed by atoms with E-state index in [1.165, 1.54) is 11.8 Å². The lowest BCUT2D eigenvalue weighted by molar-refractivity contribution is -0.305. The van der Waals surface area contributed by atoms with Gasteiger partial charge in [0.1, 0.15) is 4.32 Å². The fraction of sp³-hybridized carbons (Fsp3) is 0.389. The largest absolute Gasteiger partial charge is 0.550 e. The minimum atomic E-state index is -1.05. The van der Waals surface area contributed by atoms with Gasteiger partial charge in [-0.25, -0.2) is 0 Å². The lowest BCUT2D eigenvalue weighted by Gasteiger charge is -2.14. The Bertz CT molecular complexity index is 732. The van der Waals surface area contributed by atoms with Crippen molar-refractivity contribution < 1.29 is 24.2 Å². The molecule has 0 saturated carbocycles. The number of para-hydroxylation sites is 1. The van der Waals surface area contributed by atoms with E-state index >= 15 is 0 Å². The van der Waals surface area contributed by atoms with Gasteiger partial charge in [0, 0.05) is 18.1 Å². The van der Waals surface area contributed by atoms with Gasteiger partial charge in [-0.15, -0.1) is 0 Å². The first-order valence-electron chi connectivity index (χ1n) is 8.14. The van der Waals surface area contributed by atoms with Gasteiger partial charge in [0.25, 0.3) is 5.91 Å². The standard InChI is InChI=1S/C18H21NO5S2/c1-23-13-8-6-7-12(16(13)24-2)11-14-17(22)19(18(25)26-14)10-5-3-4-9-15(20)21/h6-8,11H,3-5,9-10H2,1-2H3,(H,20,21)/p-1/b14-11-. The minimum absolute atomic E-state index is 0.0356. The Kier molecular flexibility index (Phi) is 7.47. The van der Waals surface area contributed by atoms with Gasteiger partial charge in [-0.3, -0.25) is 9.69 Å². The Morgan fingerprint density at radius 2 is 2.04 bits per heavy atom. The van der Waals surface area contributed by atoms with Gasteiger partial charge in [0.05, 0.1) is 19.1 Å². The molecule has 8 heteroatoms. The predicted molar refractivity (Wildman–Crippen MR) is 103 cm³/mol. The van der Waals surface area contributed by atoms with Crippen LogP contribution < -0.4 is 14.6 Å². The summed E-state index contributed by atoms with van der Waals surface area (Å²) in [6.07, 6.45) is 3.71. The van der Waals surface area contributed by atoms with Gasteiger partial charge in [-0.1, -0.05) is 42.5 Å². The van der Waals surface area contributed by atoms with Crippen LogP contribution in [-0.4, -0.2) is 41.9 Å². The van der Waals surface area contributed by atoms with Crippen LogP contribution >= 0.6 is 24.0 Å². The topological polar surface area (TPSA) is 78.9 Å². The van der Waals surface area contributed by atoms with E-state index in [1.54, 1.807) is 31.3 Å². The number of benzene rings is 1. The number of carbonyl (C=O) groups excluding carboxylic acids is 2. The molecule has 26 heavy (non-hydrogen) atoms. The molecule has 0 aliphatic carbocycles. The van der Waals surface area contributed by atoms with Gasteiger partial charge in [0.15, 0.2) is 11.5 Å². The highest BCUT2D eigenvalue weighted by Gasteiger charge is 2.31. The van der Waals surface area contributed by atoms with Gasteiger partial charge < -0.3 is 19.4 Å². The molecule has 0 aromatic heterocycles. The van der Waals surface area contributed by atoms with E-state index in [-0.39, 0.29) is 12.3 Å². The number of carboxylic acids is 1. The fourth-order valence-electron chi connectivity index (χ4n) is 2.58. The van der Waals surface area contributed by atoms with Crippen molar-refractivity contribution >= 4 is 46.3 Å². The summed E-state index contributed by atoms with van der Waals surface area (Å²) in [4.78, 5) is 25.1. The molecule has 0 bridgehead atoms. The highest BCUT2D eigenvalue weighted by molar-refractivity contribution is 8.26. The van der Waals surface area contributed by atoms with E-state index in [4.69, 9.17) is 21.7 Å². The fourth-order valence-corrected chi connectivity index (χ4v) is 3.88. The van der Waals surface area contributed by atoms with Gasteiger partial charge in [-0.05, 0) is 31.4 Å². The molecule has 6 nitrogen and oxygen atoms in total. The maximum atomic E-state index is 12.6. The number of aliphatic carboxylic acids is 1. The molecule has 1 aromatic rings. The summed E-state index contributed by atoms with van der Waals surface area (Å²) in [7, 11) is 3.11. The van der Waals surface area contributed by atoms with Crippen molar-refractivity contribution in [2.45, 2.75) is 25.7 Å². The van der Waals surface area contributed by atoms with Crippen LogP contribution in [0.15, 0.2) is 23.1 Å².